The molecule has 0 radical (unpaired) electrons. The molecule has 1 atom stereocenters. The van der Waals surface area contributed by atoms with Crippen LogP contribution in [0, 0.1) is 0 Å². The molecule has 0 saturated carbocycles. The molecule has 0 bridgehead atoms. The standard InChI is InChI=1S/C33H25Cl2N3O6S2/c34-25-12-10-24(11-13-25)23-8-6-22(7-9-23)19-29-32(41)38(33(42)45-29)20-30(39)36-28(18-21-4-2-1-3-5-21)31(40)37-46(43,44)27-16-14-26(35)15-17-27/h1-17,19,28H,18,20H2,(H,36,39)(H,37,40)/t28-/m0/s1. The molecule has 46 heavy (non-hydrogen) atoms. The average Bonchev–Trinajstić information content (AvgIpc) is 3.29. The molecule has 1 heterocycles. The Morgan fingerprint density at radius 2 is 1.37 bits per heavy atom. The third kappa shape index (κ3) is 8.24. The number of carbonyl (C=O) groups is 4. The molecule has 0 unspecified atom stereocenters. The highest BCUT2D eigenvalue weighted by Gasteiger charge is 2.37. The quantitative estimate of drug-likeness (QED) is 0.197. The van der Waals surface area contributed by atoms with Crippen molar-refractivity contribution in [2.75, 3.05) is 6.54 Å². The molecule has 2 N–H and O–H groups in total. The lowest BCUT2D eigenvalue weighted by Crippen LogP contribution is -2.52. The van der Waals surface area contributed by atoms with Gasteiger partial charge in [-0.25, -0.2) is 13.1 Å². The Morgan fingerprint density at radius 1 is 0.804 bits per heavy atom. The van der Waals surface area contributed by atoms with Gasteiger partial charge >= 0.3 is 0 Å². The Labute approximate surface area is 279 Å². The zero-order chi connectivity index (χ0) is 32.8. The number of nitrogens with one attached hydrogen (secondary N) is 2. The van der Waals surface area contributed by atoms with Crippen LogP contribution in [0.2, 0.25) is 10.0 Å². The highest BCUT2D eigenvalue weighted by atomic mass is 35.5. The van der Waals surface area contributed by atoms with Crippen molar-refractivity contribution >= 4 is 74.0 Å². The third-order valence-corrected chi connectivity index (χ3v) is 9.63. The van der Waals surface area contributed by atoms with Crippen molar-refractivity contribution in [1.82, 2.24) is 14.9 Å². The normalized spacial score (nSPS) is 14.7. The van der Waals surface area contributed by atoms with Crippen LogP contribution in [0.5, 0.6) is 0 Å². The average molecular weight is 695 g/mol. The summed E-state index contributed by atoms with van der Waals surface area (Å²) in [6.07, 6.45) is 1.50. The largest absolute Gasteiger partial charge is 0.342 e. The number of hydrogen-bond donors (Lipinski definition) is 2. The van der Waals surface area contributed by atoms with Crippen molar-refractivity contribution in [2.45, 2.75) is 17.4 Å². The molecule has 0 aliphatic carbocycles. The van der Waals surface area contributed by atoms with Crippen LogP contribution in [-0.2, 0) is 30.8 Å². The minimum atomic E-state index is -4.29. The van der Waals surface area contributed by atoms with Gasteiger partial charge in [-0.3, -0.25) is 24.1 Å². The Hall–Kier alpha value is -4.42. The number of carbonyl (C=O) groups excluding carboxylic acids is 4. The highest BCUT2D eigenvalue weighted by Crippen LogP contribution is 2.32. The maximum atomic E-state index is 13.2. The maximum Gasteiger partial charge on any atom is 0.294 e. The molecule has 5 rings (SSSR count). The first-order chi connectivity index (χ1) is 22.0. The van der Waals surface area contributed by atoms with Crippen LogP contribution in [0.1, 0.15) is 11.1 Å². The van der Waals surface area contributed by atoms with Gasteiger partial charge in [-0.1, -0.05) is 89.9 Å². The summed E-state index contributed by atoms with van der Waals surface area (Å²) in [7, 11) is -4.29. The van der Waals surface area contributed by atoms with Crippen LogP contribution >= 0.6 is 35.0 Å². The molecule has 234 valence electrons. The van der Waals surface area contributed by atoms with Crippen molar-refractivity contribution in [2.24, 2.45) is 0 Å². The van der Waals surface area contributed by atoms with Gasteiger partial charge in [0.2, 0.25) is 5.91 Å². The zero-order valence-electron chi connectivity index (χ0n) is 23.9. The number of hydrogen-bond acceptors (Lipinski definition) is 7. The topological polar surface area (TPSA) is 130 Å². The zero-order valence-corrected chi connectivity index (χ0v) is 27.0. The molecular formula is C33H25Cl2N3O6S2. The van der Waals surface area contributed by atoms with E-state index >= 15 is 0 Å². The van der Waals surface area contributed by atoms with Crippen LogP contribution in [0.15, 0.2) is 113 Å². The van der Waals surface area contributed by atoms with E-state index in [1.165, 1.54) is 24.3 Å². The Balaban J connectivity index is 1.27. The Kier molecular flexibility index (Phi) is 10.3. The SMILES string of the molecule is O=C(CN1C(=O)SC(=Cc2ccc(-c3ccc(Cl)cc3)cc2)C1=O)N[C@@H](Cc1ccccc1)C(=O)NS(=O)(=O)c1ccc(Cl)cc1. The summed E-state index contributed by atoms with van der Waals surface area (Å²) in [6, 6.07) is 27.2. The first-order valence-corrected chi connectivity index (χ1v) is 16.8. The molecule has 4 amide bonds. The fourth-order valence-electron chi connectivity index (χ4n) is 4.52. The summed E-state index contributed by atoms with van der Waals surface area (Å²) in [5, 5.41) is 2.77. The van der Waals surface area contributed by atoms with Gasteiger partial charge in [0.05, 0.1) is 9.80 Å². The molecule has 0 aromatic heterocycles. The number of thioether (sulfide) groups is 1. The second-order valence-corrected chi connectivity index (χ2v) is 13.7. The van der Waals surface area contributed by atoms with Crippen molar-refractivity contribution < 1.29 is 27.6 Å². The first kappa shape index (κ1) is 33.0. The van der Waals surface area contributed by atoms with E-state index < -0.39 is 45.6 Å². The number of halogens is 2. The van der Waals surface area contributed by atoms with E-state index in [4.69, 9.17) is 23.2 Å². The third-order valence-electron chi connectivity index (χ3n) is 6.85. The number of amides is 4. The van der Waals surface area contributed by atoms with E-state index in [-0.39, 0.29) is 16.2 Å². The van der Waals surface area contributed by atoms with Crippen molar-refractivity contribution in [1.29, 1.82) is 0 Å². The number of nitrogens with zero attached hydrogens (tertiary/aromatic N) is 1. The summed E-state index contributed by atoms with van der Waals surface area (Å²) >= 11 is 12.5. The maximum absolute atomic E-state index is 13.2. The molecule has 4 aromatic carbocycles. The van der Waals surface area contributed by atoms with Gasteiger partial charge in [-0.15, -0.1) is 0 Å². The van der Waals surface area contributed by atoms with Crippen molar-refractivity contribution in [3.63, 3.8) is 0 Å². The van der Waals surface area contributed by atoms with Crippen LogP contribution in [0.4, 0.5) is 4.79 Å². The molecule has 1 fully saturated rings. The molecule has 13 heteroatoms. The van der Waals surface area contributed by atoms with Crippen molar-refractivity contribution in [3.8, 4) is 11.1 Å². The molecule has 1 aliphatic heterocycles. The molecule has 1 aliphatic rings. The van der Waals surface area contributed by atoms with Gasteiger partial charge in [-0.05, 0) is 76.5 Å². The van der Waals surface area contributed by atoms with Crippen LogP contribution in [-0.4, -0.2) is 48.9 Å². The van der Waals surface area contributed by atoms with E-state index in [1.54, 1.807) is 60.7 Å². The second-order valence-electron chi connectivity index (χ2n) is 10.1. The number of benzene rings is 4. The molecule has 0 spiro atoms. The highest BCUT2D eigenvalue weighted by molar-refractivity contribution is 8.18. The molecule has 9 nitrogen and oxygen atoms in total. The van der Waals surface area contributed by atoms with Crippen LogP contribution < -0.4 is 10.0 Å². The lowest BCUT2D eigenvalue weighted by Gasteiger charge is -2.20. The predicted molar refractivity (Wildman–Crippen MR) is 178 cm³/mol. The number of sulfonamides is 1. The van der Waals surface area contributed by atoms with Gasteiger partial charge in [0.15, 0.2) is 0 Å². The van der Waals surface area contributed by atoms with Crippen LogP contribution in [0.25, 0.3) is 17.2 Å². The Morgan fingerprint density at radius 3 is 1.98 bits per heavy atom. The smallest absolute Gasteiger partial charge is 0.294 e. The minimum absolute atomic E-state index is 0.0532. The predicted octanol–water partition coefficient (Wildman–Crippen LogP) is 5.93. The van der Waals surface area contributed by atoms with E-state index in [1.807, 2.05) is 29.0 Å². The van der Waals surface area contributed by atoms with Gasteiger partial charge in [0.1, 0.15) is 12.6 Å². The fourth-order valence-corrected chi connectivity index (χ4v) is 6.63. The van der Waals surface area contributed by atoms with E-state index in [0.717, 1.165) is 16.0 Å². The fraction of sp³-hybridized carbons (Fsp3) is 0.0909. The summed E-state index contributed by atoms with van der Waals surface area (Å²) in [6.45, 7) is -0.667. The molecular weight excluding hydrogens is 669 g/mol. The monoisotopic (exact) mass is 693 g/mol. The van der Waals surface area contributed by atoms with E-state index in [2.05, 4.69) is 5.32 Å². The number of imide groups is 1. The van der Waals surface area contributed by atoms with Gasteiger partial charge < -0.3 is 5.32 Å². The lowest BCUT2D eigenvalue weighted by molar-refractivity contribution is -0.131. The van der Waals surface area contributed by atoms with Crippen LogP contribution in [0.3, 0.4) is 0 Å². The van der Waals surface area contributed by atoms with Crippen molar-refractivity contribution in [3.05, 3.63) is 129 Å². The Bertz CT molecular complexity index is 1920. The summed E-state index contributed by atoms with van der Waals surface area (Å²) in [5.74, 6) is -2.49. The molecule has 4 aromatic rings. The summed E-state index contributed by atoms with van der Waals surface area (Å²) in [4.78, 5) is 52.8. The van der Waals surface area contributed by atoms with E-state index in [9.17, 15) is 27.6 Å². The molecule has 1 saturated heterocycles. The van der Waals surface area contributed by atoms with E-state index in [0.29, 0.717) is 32.9 Å². The summed E-state index contributed by atoms with van der Waals surface area (Å²) < 4.78 is 27.7. The second kappa shape index (κ2) is 14.3. The number of rotatable bonds is 10. The van der Waals surface area contributed by atoms with Gasteiger partial charge in [0, 0.05) is 16.5 Å². The lowest BCUT2D eigenvalue weighted by atomic mass is 10.0. The summed E-state index contributed by atoms with van der Waals surface area (Å²) in [5.41, 5.74) is 3.22. The van der Waals surface area contributed by atoms with Gasteiger partial charge in [0.25, 0.3) is 27.1 Å². The van der Waals surface area contributed by atoms with Gasteiger partial charge in [-0.2, -0.15) is 0 Å². The first-order valence-electron chi connectivity index (χ1n) is 13.8. The minimum Gasteiger partial charge on any atom is -0.342 e.